The topological polar surface area (TPSA) is 48.7 Å². The number of ether oxygens (including phenoxy) is 2. The lowest BCUT2D eigenvalue weighted by molar-refractivity contribution is 0.408. The molecule has 0 unspecified atom stereocenters. The van der Waals surface area contributed by atoms with Crippen molar-refractivity contribution in [2.75, 3.05) is 7.11 Å². The Morgan fingerprint density at radius 2 is 2.00 bits per heavy atom. The first-order valence-electron chi connectivity index (χ1n) is 5.88. The molecule has 0 fully saturated rings. The van der Waals surface area contributed by atoms with E-state index in [-0.39, 0.29) is 0 Å². The molecule has 5 nitrogen and oxygen atoms in total. The Hall–Kier alpha value is -2.56. The number of nitrogens with zero attached hydrogens (tertiary/aromatic N) is 3. The summed E-state index contributed by atoms with van der Waals surface area (Å²) in [5.74, 6) is 2.25. The summed E-state index contributed by atoms with van der Waals surface area (Å²) in [6.45, 7) is 1.99. The fourth-order valence-electron chi connectivity index (χ4n) is 1.80. The van der Waals surface area contributed by atoms with Crippen LogP contribution in [-0.2, 0) is 0 Å². The van der Waals surface area contributed by atoms with E-state index in [0.29, 0.717) is 0 Å². The number of fused-ring (bicyclic) bond motifs is 1. The molecule has 2 aromatic heterocycles. The summed E-state index contributed by atoms with van der Waals surface area (Å²) in [6, 6.07) is 9.42. The highest BCUT2D eigenvalue weighted by Crippen LogP contribution is 2.29. The molecule has 3 rings (SSSR count). The molecular weight excluding hydrogens is 242 g/mol. The van der Waals surface area contributed by atoms with Gasteiger partial charge in [0.25, 0.3) is 0 Å². The zero-order valence-electron chi connectivity index (χ0n) is 10.7. The van der Waals surface area contributed by atoms with E-state index >= 15 is 0 Å². The van der Waals surface area contributed by atoms with Gasteiger partial charge in [0.1, 0.15) is 23.6 Å². The monoisotopic (exact) mass is 255 g/mol. The number of aromatic nitrogens is 3. The smallest absolute Gasteiger partial charge is 0.158 e. The zero-order valence-corrected chi connectivity index (χ0v) is 10.7. The van der Waals surface area contributed by atoms with Crippen LogP contribution in [0.15, 0.2) is 42.9 Å². The maximum absolute atomic E-state index is 5.87. The second kappa shape index (κ2) is 4.61. The summed E-state index contributed by atoms with van der Waals surface area (Å²) in [7, 11) is 1.64. The highest BCUT2D eigenvalue weighted by molar-refractivity contribution is 5.47. The minimum absolute atomic E-state index is 0.719. The molecule has 0 aliphatic rings. The third kappa shape index (κ3) is 2.22. The Morgan fingerprint density at radius 3 is 2.84 bits per heavy atom. The maximum Gasteiger partial charge on any atom is 0.158 e. The van der Waals surface area contributed by atoms with Crippen molar-refractivity contribution in [3.8, 4) is 17.2 Å². The third-order valence-corrected chi connectivity index (χ3v) is 2.88. The molecule has 1 aromatic carbocycles. The first-order chi connectivity index (χ1) is 9.26. The predicted octanol–water partition coefficient (Wildman–Crippen LogP) is 2.84. The summed E-state index contributed by atoms with van der Waals surface area (Å²) in [5, 5.41) is 4.04. The maximum atomic E-state index is 5.87. The van der Waals surface area contributed by atoms with E-state index in [1.807, 2.05) is 43.5 Å². The van der Waals surface area contributed by atoms with Crippen LogP contribution in [0.2, 0.25) is 0 Å². The minimum atomic E-state index is 0.719. The molecule has 0 saturated carbocycles. The summed E-state index contributed by atoms with van der Waals surface area (Å²) in [6.07, 6.45) is 3.32. The second-order valence-electron chi connectivity index (χ2n) is 4.16. The molecule has 0 atom stereocenters. The average molecular weight is 255 g/mol. The van der Waals surface area contributed by atoms with E-state index in [1.54, 1.807) is 11.6 Å². The summed E-state index contributed by atoms with van der Waals surface area (Å²) >= 11 is 0. The van der Waals surface area contributed by atoms with Gasteiger partial charge in [0.15, 0.2) is 5.65 Å². The highest BCUT2D eigenvalue weighted by Gasteiger charge is 2.05. The SMILES string of the molecule is COc1ccc(C)c(Oc2ccn3ncnc3c2)c1. The van der Waals surface area contributed by atoms with Gasteiger partial charge in [-0.3, -0.25) is 0 Å². The van der Waals surface area contributed by atoms with Crippen LogP contribution in [0.3, 0.4) is 0 Å². The summed E-state index contributed by atoms with van der Waals surface area (Å²) in [4.78, 5) is 4.12. The van der Waals surface area contributed by atoms with Gasteiger partial charge >= 0.3 is 0 Å². The Balaban J connectivity index is 1.95. The van der Waals surface area contributed by atoms with Gasteiger partial charge in [-0.1, -0.05) is 6.07 Å². The number of methoxy groups -OCH3 is 1. The molecule has 0 bridgehead atoms. The van der Waals surface area contributed by atoms with Gasteiger partial charge in [-0.2, -0.15) is 5.10 Å². The van der Waals surface area contributed by atoms with Crippen LogP contribution in [0.1, 0.15) is 5.56 Å². The van der Waals surface area contributed by atoms with Crippen LogP contribution in [-0.4, -0.2) is 21.7 Å². The molecule has 0 N–H and O–H groups in total. The van der Waals surface area contributed by atoms with Crippen LogP contribution in [0.5, 0.6) is 17.2 Å². The van der Waals surface area contributed by atoms with Crippen LogP contribution in [0.25, 0.3) is 5.65 Å². The molecule has 0 spiro atoms. The predicted molar refractivity (Wildman–Crippen MR) is 70.8 cm³/mol. The molecule has 0 aliphatic heterocycles. The van der Waals surface area contributed by atoms with Crippen LogP contribution < -0.4 is 9.47 Å². The molecule has 19 heavy (non-hydrogen) atoms. The van der Waals surface area contributed by atoms with Crippen molar-refractivity contribution in [2.24, 2.45) is 0 Å². The van der Waals surface area contributed by atoms with Gasteiger partial charge in [0.2, 0.25) is 0 Å². The molecule has 3 aromatic rings. The van der Waals surface area contributed by atoms with Crippen molar-refractivity contribution in [3.63, 3.8) is 0 Å². The number of benzene rings is 1. The van der Waals surface area contributed by atoms with Crippen molar-refractivity contribution in [3.05, 3.63) is 48.4 Å². The average Bonchev–Trinajstić information content (AvgIpc) is 2.89. The first-order valence-corrected chi connectivity index (χ1v) is 5.88. The molecule has 0 aliphatic carbocycles. The van der Waals surface area contributed by atoms with E-state index in [1.165, 1.54) is 6.33 Å². The van der Waals surface area contributed by atoms with E-state index in [9.17, 15) is 0 Å². The lowest BCUT2D eigenvalue weighted by atomic mass is 10.2. The number of hydrogen-bond donors (Lipinski definition) is 0. The quantitative estimate of drug-likeness (QED) is 0.722. The van der Waals surface area contributed by atoms with Crippen molar-refractivity contribution >= 4 is 5.65 Å². The van der Waals surface area contributed by atoms with Crippen LogP contribution in [0.4, 0.5) is 0 Å². The van der Waals surface area contributed by atoms with E-state index in [2.05, 4.69) is 10.1 Å². The largest absolute Gasteiger partial charge is 0.497 e. The fraction of sp³-hybridized carbons (Fsp3) is 0.143. The fourth-order valence-corrected chi connectivity index (χ4v) is 1.80. The third-order valence-electron chi connectivity index (χ3n) is 2.88. The standard InChI is InChI=1S/C14H13N3O2/c1-10-3-4-11(18-2)7-13(10)19-12-5-6-17-14(8-12)15-9-16-17/h3-9H,1-2H3. The Labute approximate surface area is 110 Å². The molecule has 0 saturated heterocycles. The Kier molecular flexibility index (Phi) is 2.79. The van der Waals surface area contributed by atoms with Gasteiger partial charge in [-0.05, 0) is 24.6 Å². The van der Waals surface area contributed by atoms with E-state index in [4.69, 9.17) is 9.47 Å². The van der Waals surface area contributed by atoms with E-state index in [0.717, 1.165) is 28.5 Å². The van der Waals surface area contributed by atoms with Gasteiger partial charge in [0.05, 0.1) is 7.11 Å². The van der Waals surface area contributed by atoms with Crippen molar-refractivity contribution in [1.82, 2.24) is 14.6 Å². The van der Waals surface area contributed by atoms with Crippen molar-refractivity contribution in [1.29, 1.82) is 0 Å². The normalized spacial score (nSPS) is 10.6. The van der Waals surface area contributed by atoms with Gasteiger partial charge < -0.3 is 9.47 Å². The highest BCUT2D eigenvalue weighted by atomic mass is 16.5. The van der Waals surface area contributed by atoms with Crippen molar-refractivity contribution < 1.29 is 9.47 Å². The Morgan fingerprint density at radius 1 is 1.11 bits per heavy atom. The summed E-state index contributed by atoms with van der Waals surface area (Å²) < 4.78 is 12.8. The molecular formula is C14H13N3O2. The minimum Gasteiger partial charge on any atom is -0.497 e. The van der Waals surface area contributed by atoms with Crippen LogP contribution in [0, 0.1) is 6.92 Å². The molecule has 0 amide bonds. The van der Waals surface area contributed by atoms with Gasteiger partial charge in [0, 0.05) is 18.3 Å². The zero-order chi connectivity index (χ0) is 13.2. The Bertz CT molecular complexity index is 722. The number of hydrogen-bond acceptors (Lipinski definition) is 4. The lowest BCUT2D eigenvalue weighted by Crippen LogP contribution is -1.92. The van der Waals surface area contributed by atoms with Gasteiger partial charge in [-0.25, -0.2) is 9.50 Å². The number of aryl methyl sites for hydroxylation is 1. The van der Waals surface area contributed by atoms with Gasteiger partial charge in [-0.15, -0.1) is 0 Å². The lowest BCUT2D eigenvalue weighted by Gasteiger charge is -2.10. The number of pyridine rings is 1. The number of rotatable bonds is 3. The van der Waals surface area contributed by atoms with E-state index < -0.39 is 0 Å². The molecule has 2 heterocycles. The van der Waals surface area contributed by atoms with Crippen molar-refractivity contribution in [2.45, 2.75) is 6.92 Å². The van der Waals surface area contributed by atoms with Crippen LogP contribution >= 0.6 is 0 Å². The first kappa shape index (κ1) is 11.5. The second-order valence-corrected chi connectivity index (χ2v) is 4.16. The summed E-state index contributed by atoms with van der Waals surface area (Å²) in [5.41, 5.74) is 1.79. The molecule has 96 valence electrons. The molecule has 0 radical (unpaired) electrons. The molecule has 5 heteroatoms.